The number of fused-ring (bicyclic) bond motifs is 1. The van der Waals surface area contributed by atoms with Gasteiger partial charge in [-0.2, -0.15) is 0 Å². The van der Waals surface area contributed by atoms with E-state index in [2.05, 4.69) is 21.5 Å². The topological polar surface area (TPSA) is 66.7 Å². The van der Waals surface area contributed by atoms with Gasteiger partial charge in [-0.15, -0.1) is 0 Å². The molecule has 1 aliphatic rings. The van der Waals surface area contributed by atoms with E-state index >= 15 is 0 Å². The molecule has 5 heteroatoms. The molecule has 0 radical (unpaired) electrons. The van der Waals surface area contributed by atoms with Crippen LogP contribution in [0.2, 0.25) is 0 Å². The third-order valence-corrected chi connectivity index (χ3v) is 4.68. The van der Waals surface area contributed by atoms with Crippen LogP contribution in [0.15, 0.2) is 59.6 Å². The first-order valence-electron chi connectivity index (χ1n) is 8.85. The van der Waals surface area contributed by atoms with Gasteiger partial charge in [-0.05, 0) is 61.2 Å². The van der Waals surface area contributed by atoms with E-state index in [-0.39, 0.29) is 6.04 Å². The summed E-state index contributed by atoms with van der Waals surface area (Å²) >= 11 is 0. The Morgan fingerprint density at radius 1 is 1.12 bits per heavy atom. The van der Waals surface area contributed by atoms with E-state index in [0.29, 0.717) is 23.0 Å². The maximum Gasteiger partial charge on any atom is 0.230 e. The van der Waals surface area contributed by atoms with Crippen LogP contribution < -0.4 is 10.2 Å². The van der Waals surface area contributed by atoms with Crippen LogP contribution in [0.3, 0.4) is 0 Å². The molecule has 0 saturated heterocycles. The normalized spacial score (nSPS) is 14.9. The molecular formula is C21H21N3O2. The van der Waals surface area contributed by atoms with Crippen LogP contribution in [0.4, 0.5) is 0 Å². The Hall–Kier alpha value is -2.92. The highest BCUT2D eigenvalue weighted by Crippen LogP contribution is 2.28. The zero-order valence-corrected chi connectivity index (χ0v) is 14.6. The van der Waals surface area contributed by atoms with E-state index in [1.807, 2.05) is 55.5 Å². The number of rotatable bonds is 4. The molecule has 1 aromatic heterocycles. The van der Waals surface area contributed by atoms with Crippen LogP contribution in [-0.4, -0.2) is 22.1 Å². The molecule has 0 amide bonds. The first-order valence-corrected chi connectivity index (χ1v) is 8.85. The monoisotopic (exact) mass is 347 g/mol. The van der Waals surface area contributed by atoms with Gasteiger partial charge in [0.25, 0.3) is 0 Å². The number of hydroxylamine groups is 1. The summed E-state index contributed by atoms with van der Waals surface area (Å²) in [6.07, 6.45) is 3.27. The number of hydrogen-bond acceptors (Lipinski definition) is 4. The number of nitrogens with zero attached hydrogens (tertiary/aromatic N) is 2. The van der Waals surface area contributed by atoms with E-state index in [4.69, 9.17) is 4.74 Å². The zero-order valence-electron chi connectivity index (χ0n) is 14.6. The fourth-order valence-corrected chi connectivity index (χ4v) is 2.99. The summed E-state index contributed by atoms with van der Waals surface area (Å²) in [5, 5.41) is 11.8. The minimum Gasteiger partial charge on any atom is -0.438 e. The van der Waals surface area contributed by atoms with Crippen molar-refractivity contribution in [2.45, 2.75) is 32.2 Å². The van der Waals surface area contributed by atoms with Crippen LogP contribution in [-0.2, 0) is 0 Å². The van der Waals surface area contributed by atoms with Crippen molar-refractivity contribution >= 4 is 16.6 Å². The Morgan fingerprint density at radius 3 is 2.65 bits per heavy atom. The summed E-state index contributed by atoms with van der Waals surface area (Å²) in [7, 11) is 0. The summed E-state index contributed by atoms with van der Waals surface area (Å²) in [5.41, 5.74) is 3.71. The summed E-state index contributed by atoms with van der Waals surface area (Å²) < 4.78 is 6.07. The van der Waals surface area contributed by atoms with E-state index < -0.39 is 0 Å². The lowest BCUT2D eigenvalue weighted by atomic mass is 9.94. The minimum absolute atomic E-state index is 0.250. The van der Waals surface area contributed by atoms with Crippen molar-refractivity contribution in [3.05, 3.63) is 65.9 Å². The van der Waals surface area contributed by atoms with Crippen LogP contribution in [0.5, 0.6) is 11.6 Å². The molecule has 4 rings (SSSR count). The maximum atomic E-state index is 9.59. The van der Waals surface area contributed by atoms with Gasteiger partial charge in [0.2, 0.25) is 5.88 Å². The molecule has 26 heavy (non-hydrogen) atoms. The van der Waals surface area contributed by atoms with Crippen molar-refractivity contribution in [2.24, 2.45) is 4.99 Å². The van der Waals surface area contributed by atoms with Crippen LogP contribution >= 0.6 is 0 Å². The second kappa shape index (κ2) is 7.14. The predicted molar refractivity (Wildman–Crippen MR) is 102 cm³/mol. The molecule has 0 bridgehead atoms. The molecule has 132 valence electrons. The number of amidine groups is 1. The highest BCUT2D eigenvalue weighted by molar-refractivity contribution is 6.00. The van der Waals surface area contributed by atoms with Crippen LogP contribution in [0.25, 0.3) is 10.8 Å². The van der Waals surface area contributed by atoms with Gasteiger partial charge in [-0.3, -0.25) is 15.7 Å². The Labute approximate surface area is 152 Å². The van der Waals surface area contributed by atoms with Gasteiger partial charge in [-0.1, -0.05) is 30.3 Å². The maximum absolute atomic E-state index is 9.59. The average molecular weight is 347 g/mol. The summed E-state index contributed by atoms with van der Waals surface area (Å²) in [6.45, 7) is 1.91. The number of pyridine rings is 1. The summed E-state index contributed by atoms with van der Waals surface area (Å²) in [5.74, 6) is 1.53. The number of ether oxygens (including phenoxy) is 1. The molecule has 0 aliphatic heterocycles. The van der Waals surface area contributed by atoms with Gasteiger partial charge in [0.1, 0.15) is 5.75 Å². The summed E-state index contributed by atoms with van der Waals surface area (Å²) in [6, 6.07) is 18.1. The second-order valence-electron chi connectivity index (χ2n) is 6.59. The third-order valence-electron chi connectivity index (χ3n) is 4.68. The van der Waals surface area contributed by atoms with Gasteiger partial charge >= 0.3 is 0 Å². The van der Waals surface area contributed by atoms with Crippen LogP contribution in [0, 0.1) is 6.92 Å². The molecule has 0 spiro atoms. The number of aliphatic imine (C=N–C) groups is 1. The molecular weight excluding hydrogens is 326 g/mol. The Morgan fingerprint density at radius 2 is 1.92 bits per heavy atom. The first kappa shape index (κ1) is 16.5. The highest BCUT2D eigenvalue weighted by Gasteiger charge is 2.20. The van der Waals surface area contributed by atoms with Crippen molar-refractivity contribution < 1.29 is 9.94 Å². The molecule has 1 aliphatic carbocycles. The molecule has 2 aromatic carbocycles. The third kappa shape index (κ3) is 3.39. The molecule has 0 atom stereocenters. The molecule has 1 saturated carbocycles. The number of aryl methyl sites for hydroxylation is 1. The summed E-state index contributed by atoms with van der Waals surface area (Å²) in [4.78, 5) is 9.10. The average Bonchev–Trinajstić information content (AvgIpc) is 2.62. The van der Waals surface area contributed by atoms with Crippen molar-refractivity contribution in [3.8, 4) is 11.6 Å². The van der Waals surface area contributed by atoms with E-state index in [1.165, 1.54) is 6.42 Å². The molecule has 2 N–H and O–H groups in total. The number of benzene rings is 2. The number of hydrogen-bond donors (Lipinski definition) is 2. The van der Waals surface area contributed by atoms with Crippen molar-refractivity contribution in [1.82, 2.24) is 10.5 Å². The Balaban J connectivity index is 1.70. The number of aromatic nitrogens is 1. The van der Waals surface area contributed by atoms with Crippen molar-refractivity contribution in [2.75, 3.05) is 0 Å². The van der Waals surface area contributed by atoms with Gasteiger partial charge in [0.15, 0.2) is 5.84 Å². The lowest BCUT2D eigenvalue weighted by Gasteiger charge is -2.22. The number of nitrogens with one attached hydrogen (secondary N) is 1. The van der Waals surface area contributed by atoms with E-state index in [0.717, 1.165) is 29.3 Å². The SMILES string of the molecule is Cc1ccc(C(=NC2CCC2)NO)c(Oc2ccc3ccccc3c2)n1. The zero-order chi connectivity index (χ0) is 17.9. The molecule has 3 aromatic rings. The van der Waals surface area contributed by atoms with Gasteiger partial charge < -0.3 is 4.74 Å². The quantitative estimate of drug-likeness (QED) is 0.411. The van der Waals surface area contributed by atoms with E-state index in [9.17, 15) is 5.21 Å². The van der Waals surface area contributed by atoms with Crippen molar-refractivity contribution in [1.29, 1.82) is 0 Å². The van der Waals surface area contributed by atoms with Gasteiger partial charge in [0.05, 0.1) is 11.6 Å². The van der Waals surface area contributed by atoms with Gasteiger partial charge in [-0.25, -0.2) is 4.98 Å². The van der Waals surface area contributed by atoms with Crippen LogP contribution in [0.1, 0.15) is 30.5 Å². The van der Waals surface area contributed by atoms with Gasteiger partial charge in [0, 0.05) is 5.69 Å². The molecule has 5 nitrogen and oxygen atoms in total. The second-order valence-corrected chi connectivity index (χ2v) is 6.59. The van der Waals surface area contributed by atoms with E-state index in [1.54, 1.807) is 0 Å². The predicted octanol–water partition coefficient (Wildman–Crippen LogP) is 4.61. The fraction of sp³-hybridized carbons (Fsp3) is 0.238. The smallest absolute Gasteiger partial charge is 0.230 e. The van der Waals surface area contributed by atoms with Crippen molar-refractivity contribution in [3.63, 3.8) is 0 Å². The lowest BCUT2D eigenvalue weighted by Crippen LogP contribution is -2.26. The minimum atomic E-state index is 0.250. The molecule has 1 fully saturated rings. The molecule has 0 unspecified atom stereocenters. The lowest BCUT2D eigenvalue weighted by molar-refractivity contribution is 0.232. The molecule has 1 heterocycles. The highest BCUT2D eigenvalue weighted by atomic mass is 16.5. The Bertz CT molecular complexity index is 964. The Kier molecular flexibility index (Phi) is 4.54. The standard InChI is InChI=1S/C21H21N3O2/c1-14-9-12-19(20(24-25)23-17-7-4-8-17)21(22-14)26-18-11-10-15-5-2-3-6-16(15)13-18/h2-3,5-6,9-13,17,25H,4,7-8H2,1H3,(H,23,24). The largest absolute Gasteiger partial charge is 0.438 e. The fourth-order valence-electron chi connectivity index (χ4n) is 2.99. The first-order chi connectivity index (χ1) is 12.7.